The predicted molar refractivity (Wildman–Crippen MR) is 201 cm³/mol. The molecule has 3 amide bonds. The molecule has 1 aromatic heterocycles. The van der Waals surface area contributed by atoms with E-state index in [0.717, 1.165) is 31.4 Å². The average molecular weight is 784 g/mol. The van der Waals surface area contributed by atoms with Crippen molar-refractivity contribution in [1.82, 2.24) is 19.5 Å². The van der Waals surface area contributed by atoms with Crippen molar-refractivity contribution in [1.29, 1.82) is 0 Å². The molecule has 2 saturated carbocycles. The number of nitrogens with zero attached hydrogens (tertiary/aromatic N) is 3. The highest BCUT2D eigenvalue weighted by molar-refractivity contribution is 7.91. The van der Waals surface area contributed by atoms with Crippen LogP contribution in [0.5, 0.6) is 0 Å². The SMILES string of the molecule is CC(C)(C)c1csc(N[C@H]2CCCCC/C=C\[C@@H]3C[C@@]3(C(=O)NS(=O)(=O)C3(C)CC3)CC(=O)[C@@H]3C[C@@H](OC(=O)N4Cc5cccc(F)c5C4)CN3C2=O)n1. The Labute approximate surface area is 320 Å². The Morgan fingerprint density at radius 2 is 1.89 bits per heavy atom. The Balaban J connectivity index is 1.15. The first-order valence-corrected chi connectivity index (χ1v) is 21.4. The Morgan fingerprint density at radius 1 is 1.11 bits per heavy atom. The average Bonchev–Trinajstić information content (AvgIpc) is 3.74. The van der Waals surface area contributed by atoms with Crippen molar-refractivity contribution < 1.29 is 36.7 Å². The molecule has 2 N–H and O–H groups in total. The summed E-state index contributed by atoms with van der Waals surface area (Å²) in [5, 5.41) is 5.91. The van der Waals surface area contributed by atoms with E-state index in [2.05, 4.69) is 30.8 Å². The van der Waals surface area contributed by atoms with Crippen molar-refractivity contribution in [3.8, 4) is 0 Å². The van der Waals surface area contributed by atoms with Gasteiger partial charge in [-0.3, -0.25) is 24.0 Å². The van der Waals surface area contributed by atoms with Gasteiger partial charge >= 0.3 is 6.09 Å². The lowest BCUT2D eigenvalue weighted by molar-refractivity contribution is -0.139. The van der Waals surface area contributed by atoms with Gasteiger partial charge in [0.1, 0.15) is 18.0 Å². The number of carbonyl (C=O) groups excluding carboxylic acids is 4. The van der Waals surface area contributed by atoms with Crippen molar-refractivity contribution in [2.45, 2.75) is 133 Å². The number of thiazole rings is 1. The van der Waals surface area contributed by atoms with E-state index in [9.17, 15) is 32.0 Å². The molecule has 7 rings (SSSR count). The number of amides is 3. The number of benzene rings is 1. The van der Waals surface area contributed by atoms with Gasteiger partial charge in [-0.05, 0) is 63.0 Å². The molecular weight excluding hydrogens is 734 g/mol. The molecule has 3 fully saturated rings. The number of rotatable bonds is 6. The fraction of sp³-hybridized carbons (Fsp3) is 0.615. The topological polar surface area (TPSA) is 155 Å². The van der Waals surface area contributed by atoms with Crippen LogP contribution in [0.25, 0.3) is 0 Å². The van der Waals surface area contributed by atoms with E-state index in [4.69, 9.17) is 9.72 Å². The highest BCUT2D eigenvalue weighted by atomic mass is 32.2. The van der Waals surface area contributed by atoms with Gasteiger partial charge in [0.25, 0.3) is 0 Å². The maximum atomic E-state index is 14.6. The number of halogens is 1. The maximum Gasteiger partial charge on any atom is 0.410 e. The molecule has 54 heavy (non-hydrogen) atoms. The summed E-state index contributed by atoms with van der Waals surface area (Å²) in [5.41, 5.74) is 0.538. The lowest BCUT2D eigenvalue weighted by Crippen LogP contribution is -2.49. The number of anilines is 1. The Hall–Kier alpha value is -3.85. The quantitative estimate of drug-likeness (QED) is 0.338. The molecule has 0 unspecified atom stereocenters. The first-order chi connectivity index (χ1) is 25.5. The Bertz CT molecular complexity index is 1970. The standard InChI is InChI=1S/C39H50FN5O7S2/c1-37(2,3)32-23-53-35(42-32)41-29-14-9-7-5-6-8-12-25-18-39(25,34(48)43-54(50,51)38(4)15-16-38)19-31(46)30-17-26(21-45(30)33(29)47)52-36(49)44-20-24-11-10-13-28(40)27(24)22-44/h8,10-13,23,25-26,29-30H,5-7,9,14-22H2,1-4H3,(H,41,42)(H,43,48)/b12-8-/t25-,26-,29+,30+,39-/m1/s1. The number of sulfonamides is 1. The molecule has 0 radical (unpaired) electrons. The van der Waals surface area contributed by atoms with Gasteiger partial charge in [0.05, 0.1) is 35.0 Å². The molecule has 3 aliphatic heterocycles. The number of hydrogen-bond acceptors (Lipinski definition) is 10. The Kier molecular flexibility index (Phi) is 10.2. The molecule has 2 aliphatic carbocycles. The summed E-state index contributed by atoms with van der Waals surface area (Å²) in [6, 6.07) is 2.96. The fourth-order valence-electron chi connectivity index (χ4n) is 7.85. The highest BCUT2D eigenvalue weighted by Crippen LogP contribution is 2.57. The van der Waals surface area contributed by atoms with Crippen molar-refractivity contribution >= 4 is 50.2 Å². The van der Waals surface area contributed by atoms with E-state index < -0.39 is 62.0 Å². The molecule has 2 aromatic rings. The van der Waals surface area contributed by atoms with Crippen LogP contribution < -0.4 is 10.0 Å². The summed E-state index contributed by atoms with van der Waals surface area (Å²) >= 11 is 1.41. The third kappa shape index (κ3) is 7.67. The van der Waals surface area contributed by atoms with Gasteiger partial charge in [0, 0.05) is 35.7 Å². The lowest BCUT2D eigenvalue weighted by atomic mass is 9.91. The lowest BCUT2D eigenvalue weighted by Gasteiger charge is -2.29. The second-order valence-electron chi connectivity index (χ2n) is 17.0. The van der Waals surface area contributed by atoms with Gasteiger partial charge < -0.3 is 15.0 Å². The van der Waals surface area contributed by atoms with E-state index in [1.807, 2.05) is 17.5 Å². The number of carbonyl (C=O) groups is 4. The minimum Gasteiger partial charge on any atom is -0.444 e. The smallest absolute Gasteiger partial charge is 0.410 e. The minimum atomic E-state index is -3.95. The molecule has 5 aliphatic rings. The van der Waals surface area contributed by atoms with Crippen LogP contribution in [0.1, 0.15) is 109 Å². The number of ether oxygens (including phenoxy) is 1. The van der Waals surface area contributed by atoms with Crippen LogP contribution in [0.2, 0.25) is 0 Å². The molecule has 0 spiro atoms. The summed E-state index contributed by atoms with van der Waals surface area (Å²) < 4.78 is 48.0. The number of ketones is 1. The number of nitrogens with one attached hydrogen (secondary N) is 2. The van der Waals surface area contributed by atoms with E-state index in [0.29, 0.717) is 41.9 Å². The summed E-state index contributed by atoms with van der Waals surface area (Å²) in [6.45, 7) is 7.97. The Morgan fingerprint density at radius 3 is 2.59 bits per heavy atom. The zero-order valence-corrected chi connectivity index (χ0v) is 33.0. The van der Waals surface area contributed by atoms with Crippen LogP contribution in [-0.2, 0) is 47.6 Å². The third-order valence-electron chi connectivity index (χ3n) is 11.9. The molecule has 1 saturated heterocycles. The van der Waals surface area contributed by atoms with Crippen LogP contribution in [0, 0.1) is 17.2 Å². The van der Waals surface area contributed by atoms with Gasteiger partial charge in [-0.25, -0.2) is 22.6 Å². The second-order valence-corrected chi connectivity index (χ2v) is 20.1. The molecule has 5 atom stereocenters. The van der Waals surface area contributed by atoms with Crippen LogP contribution in [-0.4, -0.2) is 76.4 Å². The van der Waals surface area contributed by atoms with Gasteiger partial charge in [0.2, 0.25) is 21.8 Å². The summed E-state index contributed by atoms with van der Waals surface area (Å²) in [5.74, 6) is -2.15. The molecule has 12 nitrogen and oxygen atoms in total. The van der Waals surface area contributed by atoms with Crippen molar-refractivity contribution in [3.05, 3.63) is 58.4 Å². The van der Waals surface area contributed by atoms with E-state index >= 15 is 0 Å². The second kappa shape index (κ2) is 14.3. The molecule has 1 aromatic carbocycles. The van der Waals surface area contributed by atoms with Crippen LogP contribution in [0.3, 0.4) is 0 Å². The molecule has 4 heterocycles. The minimum absolute atomic E-state index is 0.0121. The predicted octanol–water partition coefficient (Wildman–Crippen LogP) is 5.97. The van der Waals surface area contributed by atoms with Crippen molar-refractivity contribution in [3.63, 3.8) is 0 Å². The van der Waals surface area contributed by atoms with Crippen molar-refractivity contribution in [2.75, 3.05) is 11.9 Å². The van der Waals surface area contributed by atoms with E-state index in [1.54, 1.807) is 19.1 Å². The number of aromatic nitrogens is 1. The first-order valence-electron chi connectivity index (χ1n) is 19.0. The molecule has 0 bridgehead atoms. The maximum absolute atomic E-state index is 14.6. The first kappa shape index (κ1) is 38.4. The number of allylic oxidation sites excluding steroid dienone is 2. The van der Waals surface area contributed by atoms with Crippen molar-refractivity contribution in [2.24, 2.45) is 11.3 Å². The highest BCUT2D eigenvalue weighted by Gasteiger charge is 2.62. The van der Waals surface area contributed by atoms with Gasteiger partial charge in [-0.2, -0.15) is 0 Å². The van der Waals surface area contributed by atoms with E-state index in [1.165, 1.54) is 27.2 Å². The number of Topliss-reactive ketones (excluding diaryl/α,β-unsaturated/α-hetero) is 1. The molecule has 15 heteroatoms. The van der Waals surface area contributed by atoms with Gasteiger partial charge in [-0.1, -0.05) is 57.9 Å². The normalized spacial score (nSPS) is 28.9. The molecular formula is C39H50FN5O7S2. The zero-order chi connectivity index (χ0) is 38.6. The van der Waals surface area contributed by atoms with Crippen LogP contribution in [0.4, 0.5) is 14.3 Å². The van der Waals surface area contributed by atoms with E-state index in [-0.39, 0.29) is 49.7 Å². The number of fused-ring (bicyclic) bond motifs is 3. The van der Waals surface area contributed by atoms with Crippen LogP contribution in [0.15, 0.2) is 35.7 Å². The fourth-order valence-corrected chi connectivity index (χ4v) is 10.2. The number of hydrogen-bond donors (Lipinski definition) is 2. The monoisotopic (exact) mass is 783 g/mol. The van der Waals surface area contributed by atoms with Gasteiger partial charge in [0.15, 0.2) is 10.9 Å². The van der Waals surface area contributed by atoms with Crippen LogP contribution >= 0.6 is 11.3 Å². The zero-order valence-electron chi connectivity index (χ0n) is 31.4. The summed E-state index contributed by atoms with van der Waals surface area (Å²) in [6.07, 6.45) is 7.05. The third-order valence-corrected chi connectivity index (χ3v) is 14.8. The summed E-state index contributed by atoms with van der Waals surface area (Å²) in [4.78, 5) is 64.1. The largest absolute Gasteiger partial charge is 0.444 e. The molecule has 292 valence electrons. The summed E-state index contributed by atoms with van der Waals surface area (Å²) in [7, 11) is -3.95. The van der Waals surface area contributed by atoms with Gasteiger partial charge in [-0.15, -0.1) is 11.3 Å².